The first-order valence-electron chi connectivity index (χ1n) is 7.11. The van der Waals surface area contributed by atoms with E-state index < -0.39 is 0 Å². The Hall–Kier alpha value is -1.17. The highest BCUT2D eigenvalue weighted by Crippen LogP contribution is 2.10. The topological polar surface area (TPSA) is 24.9 Å². The van der Waals surface area contributed by atoms with Crippen molar-refractivity contribution in [3.8, 4) is 5.75 Å². The van der Waals surface area contributed by atoms with Crippen molar-refractivity contribution >= 4 is 0 Å². The lowest BCUT2D eigenvalue weighted by Gasteiger charge is -2.28. The summed E-state index contributed by atoms with van der Waals surface area (Å²) < 4.78 is 23.6. The van der Waals surface area contributed by atoms with Crippen molar-refractivity contribution in [2.24, 2.45) is 0 Å². The Balaban J connectivity index is 1.57. The third kappa shape index (κ3) is 5.45. The van der Waals surface area contributed by atoms with Crippen LogP contribution in [0.1, 0.15) is 0 Å². The van der Waals surface area contributed by atoms with Crippen LogP contribution >= 0.6 is 0 Å². The lowest BCUT2D eigenvalue weighted by Crippen LogP contribution is -2.41. The summed E-state index contributed by atoms with van der Waals surface area (Å²) >= 11 is 0. The van der Waals surface area contributed by atoms with E-state index in [2.05, 4.69) is 16.8 Å². The van der Waals surface area contributed by atoms with Crippen molar-refractivity contribution < 1.29 is 13.9 Å². The highest BCUT2D eigenvalue weighted by molar-refractivity contribution is 5.21. The molecule has 0 unspecified atom stereocenters. The zero-order valence-electron chi connectivity index (χ0n) is 12.1. The van der Waals surface area contributed by atoms with E-state index in [-0.39, 0.29) is 5.82 Å². The summed E-state index contributed by atoms with van der Waals surface area (Å²) in [6.45, 7) is 7.31. The summed E-state index contributed by atoms with van der Waals surface area (Å²) in [5.41, 5.74) is 0. The van der Waals surface area contributed by atoms with E-state index in [1.807, 2.05) is 0 Å². The van der Waals surface area contributed by atoms with Crippen LogP contribution in [-0.4, -0.2) is 69.4 Å². The van der Waals surface area contributed by atoms with E-state index in [0.717, 1.165) is 45.9 Å². The zero-order chi connectivity index (χ0) is 14.2. The third-order valence-corrected chi connectivity index (χ3v) is 3.46. The predicted octanol–water partition coefficient (Wildman–Crippen LogP) is 1.47. The van der Waals surface area contributed by atoms with Gasteiger partial charge in [-0.05, 0) is 31.3 Å². The van der Waals surface area contributed by atoms with Crippen LogP contribution in [0.15, 0.2) is 24.3 Å². The van der Waals surface area contributed by atoms with Crippen LogP contribution in [0.5, 0.6) is 5.75 Å². The normalized spacial score (nSPS) is 16.6. The Labute approximate surface area is 120 Å². The molecule has 1 aromatic rings. The molecule has 1 saturated heterocycles. The molecule has 0 atom stereocenters. The number of rotatable bonds is 7. The molecule has 1 heterocycles. The number of ether oxygens (including phenoxy) is 2. The summed E-state index contributed by atoms with van der Waals surface area (Å²) in [7, 11) is 2.09. The minimum absolute atomic E-state index is 0.236. The van der Waals surface area contributed by atoms with Crippen LogP contribution in [0.4, 0.5) is 4.39 Å². The maximum atomic E-state index is 12.7. The molecule has 0 radical (unpaired) electrons. The number of hydrogen-bond acceptors (Lipinski definition) is 4. The molecule has 0 saturated carbocycles. The fourth-order valence-electron chi connectivity index (χ4n) is 2.10. The van der Waals surface area contributed by atoms with Gasteiger partial charge in [-0.3, -0.25) is 4.90 Å². The number of hydrogen-bond donors (Lipinski definition) is 0. The number of nitrogens with zero attached hydrogens (tertiary/aromatic N) is 2. The summed E-state index contributed by atoms with van der Waals surface area (Å²) in [5, 5.41) is 0. The quantitative estimate of drug-likeness (QED) is 0.756. The lowest BCUT2D eigenvalue weighted by atomic mass is 10.3. The molecule has 1 aliphatic heterocycles. The fraction of sp³-hybridized carbons (Fsp3) is 0.600. The Morgan fingerprint density at radius 2 is 1.90 bits per heavy atom. The van der Waals surface area contributed by atoms with Gasteiger partial charge in [-0.25, -0.2) is 4.39 Å². The minimum Gasteiger partial charge on any atom is -0.492 e. The summed E-state index contributed by atoms with van der Waals surface area (Å²) in [5.74, 6) is 0.480. The van der Waals surface area contributed by atoms with Crippen LogP contribution < -0.4 is 4.74 Å². The monoisotopic (exact) mass is 282 g/mol. The number of morpholine rings is 1. The molecule has 0 aromatic heterocycles. The van der Waals surface area contributed by atoms with Crippen molar-refractivity contribution in [1.82, 2.24) is 9.80 Å². The van der Waals surface area contributed by atoms with E-state index in [1.165, 1.54) is 12.1 Å². The first kappa shape index (κ1) is 15.2. The molecule has 0 spiro atoms. The third-order valence-electron chi connectivity index (χ3n) is 3.46. The molecule has 2 rings (SSSR count). The van der Waals surface area contributed by atoms with Gasteiger partial charge in [0.15, 0.2) is 0 Å². The van der Waals surface area contributed by atoms with Crippen LogP contribution in [0, 0.1) is 5.82 Å². The summed E-state index contributed by atoms with van der Waals surface area (Å²) in [6.07, 6.45) is 0. The smallest absolute Gasteiger partial charge is 0.123 e. The second-order valence-corrected chi connectivity index (χ2v) is 5.06. The fourth-order valence-corrected chi connectivity index (χ4v) is 2.10. The van der Waals surface area contributed by atoms with E-state index >= 15 is 0 Å². The van der Waals surface area contributed by atoms with Crippen molar-refractivity contribution in [3.63, 3.8) is 0 Å². The SMILES string of the molecule is CN(CCOc1ccc(F)cc1)CCN1CCOCC1. The van der Waals surface area contributed by atoms with Gasteiger partial charge in [0.25, 0.3) is 0 Å². The van der Waals surface area contributed by atoms with Gasteiger partial charge in [0.05, 0.1) is 13.2 Å². The molecule has 0 N–H and O–H groups in total. The van der Waals surface area contributed by atoms with Crippen LogP contribution in [0.3, 0.4) is 0 Å². The molecule has 112 valence electrons. The average Bonchev–Trinajstić information content (AvgIpc) is 2.48. The Kier molecular flexibility index (Phi) is 6.24. The van der Waals surface area contributed by atoms with Crippen molar-refractivity contribution in [2.75, 3.05) is 59.6 Å². The number of likely N-dealkylation sites (N-methyl/N-ethyl adjacent to an activating group) is 1. The first-order valence-corrected chi connectivity index (χ1v) is 7.11. The molecule has 1 fully saturated rings. The van der Waals surface area contributed by atoms with Gasteiger partial charge in [-0.1, -0.05) is 0 Å². The maximum absolute atomic E-state index is 12.7. The summed E-state index contributed by atoms with van der Waals surface area (Å²) in [6, 6.07) is 6.14. The molecule has 1 aromatic carbocycles. The maximum Gasteiger partial charge on any atom is 0.123 e. The van der Waals surface area contributed by atoms with Gasteiger partial charge in [0.2, 0.25) is 0 Å². The van der Waals surface area contributed by atoms with Crippen molar-refractivity contribution in [3.05, 3.63) is 30.1 Å². The van der Waals surface area contributed by atoms with Gasteiger partial charge in [-0.15, -0.1) is 0 Å². The zero-order valence-corrected chi connectivity index (χ0v) is 12.1. The Morgan fingerprint density at radius 1 is 1.20 bits per heavy atom. The molecule has 4 nitrogen and oxygen atoms in total. The average molecular weight is 282 g/mol. The van der Waals surface area contributed by atoms with Gasteiger partial charge in [0.1, 0.15) is 18.2 Å². The Bertz CT molecular complexity index is 380. The second-order valence-electron chi connectivity index (χ2n) is 5.06. The summed E-state index contributed by atoms with van der Waals surface area (Å²) in [4.78, 5) is 4.67. The lowest BCUT2D eigenvalue weighted by molar-refractivity contribution is 0.0340. The van der Waals surface area contributed by atoms with E-state index in [1.54, 1.807) is 12.1 Å². The van der Waals surface area contributed by atoms with Crippen LogP contribution in [0.25, 0.3) is 0 Å². The molecule has 5 heteroatoms. The van der Waals surface area contributed by atoms with Crippen molar-refractivity contribution in [2.45, 2.75) is 0 Å². The molecule has 0 amide bonds. The first-order chi connectivity index (χ1) is 9.74. The predicted molar refractivity (Wildman–Crippen MR) is 76.7 cm³/mol. The van der Waals surface area contributed by atoms with Gasteiger partial charge in [0, 0.05) is 32.7 Å². The standard InChI is InChI=1S/C15H23FN2O2/c1-17(6-7-18-9-11-19-12-10-18)8-13-20-15-4-2-14(16)3-5-15/h2-5H,6-13H2,1H3. The van der Waals surface area contributed by atoms with Gasteiger partial charge in [-0.2, -0.15) is 0 Å². The van der Waals surface area contributed by atoms with Crippen molar-refractivity contribution in [1.29, 1.82) is 0 Å². The van der Waals surface area contributed by atoms with E-state index in [4.69, 9.17) is 9.47 Å². The minimum atomic E-state index is -0.236. The van der Waals surface area contributed by atoms with E-state index in [0.29, 0.717) is 12.4 Å². The number of halogens is 1. The van der Waals surface area contributed by atoms with Gasteiger partial charge < -0.3 is 14.4 Å². The van der Waals surface area contributed by atoms with Crippen LogP contribution in [0.2, 0.25) is 0 Å². The number of benzene rings is 1. The van der Waals surface area contributed by atoms with Gasteiger partial charge >= 0.3 is 0 Å². The van der Waals surface area contributed by atoms with Crippen LogP contribution in [-0.2, 0) is 4.74 Å². The molecular formula is C15H23FN2O2. The molecule has 0 bridgehead atoms. The molecule has 1 aliphatic rings. The Morgan fingerprint density at radius 3 is 2.60 bits per heavy atom. The molecule has 20 heavy (non-hydrogen) atoms. The molecular weight excluding hydrogens is 259 g/mol. The second kappa shape index (κ2) is 8.19. The highest BCUT2D eigenvalue weighted by atomic mass is 19.1. The molecule has 0 aliphatic carbocycles. The highest BCUT2D eigenvalue weighted by Gasteiger charge is 2.10. The largest absolute Gasteiger partial charge is 0.492 e. The van der Waals surface area contributed by atoms with E-state index in [9.17, 15) is 4.39 Å².